The highest BCUT2D eigenvalue weighted by Gasteiger charge is 1.52. The first-order chi connectivity index (χ1) is 4.83. The second kappa shape index (κ2) is 15.7. The van der Waals surface area contributed by atoms with Crippen LogP contribution in [0.5, 0.6) is 0 Å². The standard InChI is InChI=1S/2C4H9N/c2*1-2-3-4-5/h3-4H,2,5H2,1H3;2-3H,4-5H2,1H3. The van der Waals surface area contributed by atoms with Crippen LogP contribution in [0, 0.1) is 0 Å². The van der Waals surface area contributed by atoms with Crippen molar-refractivity contribution >= 4 is 0 Å². The summed E-state index contributed by atoms with van der Waals surface area (Å²) in [6.07, 6.45) is 8.33. The van der Waals surface area contributed by atoms with Crippen molar-refractivity contribution in [3.05, 3.63) is 24.4 Å². The van der Waals surface area contributed by atoms with Gasteiger partial charge in [0.05, 0.1) is 0 Å². The predicted octanol–water partition coefficient (Wildman–Crippen LogP) is 1.39. The molecule has 60 valence electrons. The van der Waals surface area contributed by atoms with Gasteiger partial charge in [0.2, 0.25) is 0 Å². The molecule has 0 aromatic heterocycles. The second-order valence-corrected chi connectivity index (χ2v) is 1.64. The van der Waals surface area contributed by atoms with Gasteiger partial charge in [-0.3, -0.25) is 0 Å². The van der Waals surface area contributed by atoms with Crippen molar-refractivity contribution in [3.8, 4) is 0 Å². The molecule has 0 saturated carbocycles. The molecule has 0 bridgehead atoms. The fraction of sp³-hybridized carbons (Fsp3) is 0.500. The van der Waals surface area contributed by atoms with E-state index in [9.17, 15) is 0 Å². The molecular formula is C8H18N2. The molecule has 0 amide bonds. The van der Waals surface area contributed by atoms with Gasteiger partial charge in [0.15, 0.2) is 0 Å². The summed E-state index contributed by atoms with van der Waals surface area (Å²) in [5.74, 6) is 0. The van der Waals surface area contributed by atoms with E-state index in [1.165, 1.54) is 0 Å². The number of rotatable bonds is 2. The first-order valence-corrected chi connectivity index (χ1v) is 3.51. The summed E-state index contributed by atoms with van der Waals surface area (Å²) in [7, 11) is 0. The maximum absolute atomic E-state index is 5.05. The van der Waals surface area contributed by atoms with Crippen LogP contribution < -0.4 is 11.5 Å². The van der Waals surface area contributed by atoms with Crippen molar-refractivity contribution in [3.63, 3.8) is 0 Å². The van der Waals surface area contributed by atoms with Crippen molar-refractivity contribution in [2.45, 2.75) is 20.3 Å². The Bertz CT molecular complexity index is 73.3. The smallest absolute Gasteiger partial charge is 0.0106 e. The molecule has 0 aliphatic heterocycles. The Kier molecular flexibility index (Phi) is 18.8. The molecule has 0 rings (SSSR count). The van der Waals surface area contributed by atoms with Crippen molar-refractivity contribution in [1.29, 1.82) is 0 Å². The lowest BCUT2D eigenvalue weighted by atomic mass is 10.5. The van der Waals surface area contributed by atoms with Gasteiger partial charge in [-0.05, 0) is 19.5 Å². The molecule has 0 heterocycles. The maximum atomic E-state index is 5.05. The summed E-state index contributed by atoms with van der Waals surface area (Å²) < 4.78 is 0. The summed E-state index contributed by atoms with van der Waals surface area (Å²) in [4.78, 5) is 0. The lowest BCUT2D eigenvalue weighted by Gasteiger charge is -1.67. The highest BCUT2D eigenvalue weighted by Crippen LogP contribution is 1.69. The number of hydrogen-bond donors (Lipinski definition) is 2. The van der Waals surface area contributed by atoms with E-state index in [0.29, 0.717) is 6.54 Å². The second-order valence-electron chi connectivity index (χ2n) is 1.64. The van der Waals surface area contributed by atoms with Crippen LogP contribution in [0.15, 0.2) is 24.4 Å². The predicted molar refractivity (Wildman–Crippen MR) is 47.5 cm³/mol. The van der Waals surface area contributed by atoms with Gasteiger partial charge in [-0.2, -0.15) is 0 Å². The highest BCUT2D eigenvalue weighted by atomic mass is 14.5. The van der Waals surface area contributed by atoms with Gasteiger partial charge < -0.3 is 11.5 Å². The first kappa shape index (κ1) is 12.0. The third-order valence-corrected chi connectivity index (χ3v) is 0.744. The largest absolute Gasteiger partial charge is 0.405 e. The normalized spacial score (nSPS) is 9.90. The third kappa shape index (κ3) is 26.9. The SMILES string of the molecule is CC=CCN.CCC=CN. The van der Waals surface area contributed by atoms with Gasteiger partial charge in [-0.25, -0.2) is 0 Å². The number of allylic oxidation sites excluding steroid dienone is 2. The van der Waals surface area contributed by atoms with E-state index in [2.05, 4.69) is 0 Å². The average molecular weight is 142 g/mol. The first-order valence-electron chi connectivity index (χ1n) is 3.51. The Morgan fingerprint density at radius 2 is 1.90 bits per heavy atom. The Labute approximate surface area is 63.6 Å². The Morgan fingerprint density at radius 3 is 1.90 bits per heavy atom. The lowest BCUT2D eigenvalue weighted by molar-refractivity contribution is 1.21. The van der Waals surface area contributed by atoms with E-state index in [1.807, 2.05) is 32.1 Å². The fourth-order valence-corrected chi connectivity index (χ4v) is 0.272. The van der Waals surface area contributed by atoms with E-state index >= 15 is 0 Å². The molecule has 2 heteroatoms. The maximum Gasteiger partial charge on any atom is 0.0106 e. The molecular weight excluding hydrogens is 124 g/mol. The molecule has 0 spiro atoms. The van der Waals surface area contributed by atoms with Gasteiger partial charge >= 0.3 is 0 Å². The van der Waals surface area contributed by atoms with Gasteiger partial charge in [0.25, 0.3) is 0 Å². The van der Waals surface area contributed by atoms with Gasteiger partial charge in [0.1, 0.15) is 0 Å². The molecule has 0 fully saturated rings. The highest BCUT2D eigenvalue weighted by molar-refractivity contribution is 4.76. The monoisotopic (exact) mass is 142 g/mol. The zero-order valence-electron chi connectivity index (χ0n) is 6.88. The van der Waals surface area contributed by atoms with Crippen LogP contribution in [0.4, 0.5) is 0 Å². The van der Waals surface area contributed by atoms with E-state index in [-0.39, 0.29) is 0 Å². The molecule has 0 radical (unpaired) electrons. The van der Waals surface area contributed by atoms with Gasteiger partial charge in [-0.1, -0.05) is 25.2 Å². The molecule has 4 N–H and O–H groups in total. The quantitative estimate of drug-likeness (QED) is 0.572. The Morgan fingerprint density at radius 1 is 1.30 bits per heavy atom. The van der Waals surface area contributed by atoms with Crippen LogP contribution in [0.1, 0.15) is 20.3 Å². The molecule has 0 atom stereocenters. The van der Waals surface area contributed by atoms with E-state index in [0.717, 1.165) is 6.42 Å². The molecule has 2 nitrogen and oxygen atoms in total. The molecule has 0 aliphatic carbocycles. The van der Waals surface area contributed by atoms with Crippen molar-refractivity contribution < 1.29 is 0 Å². The summed E-state index contributed by atoms with van der Waals surface area (Å²) in [6.45, 7) is 4.66. The minimum atomic E-state index is 0.663. The zero-order valence-corrected chi connectivity index (χ0v) is 6.88. The third-order valence-electron chi connectivity index (χ3n) is 0.744. The zero-order chi connectivity index (χ0) is 8.24. The molecule has 10 heavy (non-hydrogen) atoms. The topological polar surface area (TPSA) is 52.0 Å². The van der Waals surface area contributed by atoms with E-state index in [1.54, 1.807) is 6.20 Å². The summed E-state index contributed by atoms with van der Waals surface area (Å²) in [5.41, 5.74) is 10.0. The Balaban J connectivity index is 0. The Hall–Kier alpha value is -0.760. The van der Waals surface area contributed by atoms with Crippen molar-refractivity contribution in [2.75, 3.05) is 6.54 Å². The molecule has 0 unspecified atom stereocenters. The number of hydrogen-bond acceptors (Lipinski definition) is 2. The van der Waals surface area contributed by atoms with Gasteiger partial charge in [-0.15, -0.1) is 0 Å². The van der Waals surface area contributed by atoms with Crippen LogP contribution in [0.3, 0.4) is 0 Å². The summed E-state index contributed by atoms with van der Waals surface area (Å²) in [6, 6.07) is 0. The van der Waals surface area contributed by atoms with Crippen molar-refractivity contribution in [2.24, 2.45) is 11.5 Å². The van der Waals surface area contributed by atoms with Crippen LogP contribution in [0.25, 0.3) is 0 Å². The minimum Gasteiger partial charge on any atom is -0.405 e. The molecule has 0 aliphatic rings. The number of nitrogens with two attached hydrogens (primary N) is 2. The average Bonchev–Trinajstić information content (AvgIpc) is 1.93. The van der Waals surface area contributed by atoms with Crippen LogP contribution >= 0.6 is 0 Å². The van der Waals surface area contributed by atoms with Crippen LogP contribution in [-0.4, -0.2) is 6.54 Å². The molecule has 0 saturated heterocycles. The van der Waals surface area contributed by atoms with Gasteiger partial charge in [0, 0.05) is 6.54 Å². The summed E-state index contributed by atoms with van der Waals surface area (Å²) >= 11 is 0. The van der Waals surface area contributed by atoms with E-state index < -0.39 is 0 Å². The molecule has 0 aromatic carbocycles. The molecule has 0 aromatic rings. The van der Waals surface area contributed by atoms with Crippen LogP contribution in [0.2, 0.25) is 0 Å². The van der Waals surface area contributed by atoms with Crippen molar-refractivity contribution in [1.82, 2.24) is 0 Å². The lowest BCUT2D eigenvalue weighted by Crippen LogP contribution is -1.90. The summed E-state index contributed by atoms with van der Waals surface area (Å²) in [5, 5.41) is 0. The fourth-order valence-electron chi connectivity index (χ4n) is 0.272. The van der Waals surface area contributed by atoms with Crippen LogP contribution in [-0.2, 0) is 0 Å². The van der Waals surface area contributed by atoms with E-state index in [4.69, 9.17) is 11.5 Å². The minimum absolute atomic E-state index is 0.663.